The number of hydrogen-bond acceptors (Lipinski definition) is 3. The van der Waals surface area contributed by atoms with E-state index in [1.165, 1.54) is 0 Å². The molecule has 1 saturated heterocycles. The molecule has 0 spiro atoms. The van der Waals surface area contributed by atoms with Crippen LogP contribution >= 0.6 is 24.2 Å². The third kappa shape index (κ3) is 3.44. The molecule has 1 aromatic carbocycles. The third-order valence-corrected chi connectivity index (χ3v) is 4.31. The van der Waals surface area contributed by atoms with Crippen LogP contribution in [0.25, 0.3) is 0 Å². The lowest BCUT2D eigenvalue weighted by Gasteiger charge is -2.24. The molecule has 1 aliphatic rings. The summed E-state index contributed by atoms with van der Waals surface area (Å²) in [4.78, 5) is 15.6. The van der Waals surface area contributed by atoms with E-state index in [-0.39, 0.29) is 24.4 Å². The molecular weight excluding hydrogens is 280 g/mol. The lowest BCUT2D eigenvalue weighted by molar-refractivity contribution is 0.0740. The summed E-state index contributed by atoms with van der Waals surface area (Å²) in [6, 6.07) is 6.29. The molecule has 1 heterocycles. The van der Waals surface area contributed by atoms with E-state index >= 15 is 0 Å². The number of benzene rings is 1. The van der Waals surface area contributed by atoms with E-state index in [0.29, 0.717) is 6.54 Å². The van der Waals surface area contributed by atoms with Crippen LogP contribution in [0.15, 0.2) is 23.1 Å². The first-order chi connectivity index (χ1) is 8.67. The van der Waals surface area contributed by atoms with Crippen LogP contribution in [-0.2, 0) is 0 Å². The Hall–Kier alpha value is -0.710. The Balaban J connectivity index is 0.00000180. The number of rotatable bonds is 3. The van der Waals surface area contributed by atoms with E-state index in [9.17, 15) is 4.79 Å². The number of carbonyl (C=O) groups excluding carboxylic acids is 1. The minimum atomic E-state index is 0. The predicted molar refractivity (Wildman–Crippen MR) is 83.3 cm³/mol. The number of hydrogen-bond donors (Lipinski definition) is 1. The number of amides is 1. The molecule has 106 valence electrons. The zero-order chi connectivity index (χ0) is 13.1. The highest BCUT2D eigenvalue weighted by Gasteiger charge is 2.28. The summed E-state index contributed by atoms with van der Waals surface area (Å²) in [5.74, 6) is 0.136. The van der Waals surface area contributed by atoms with E-state index in [1.54, 1.807) is 11.8 Å². The van der Waals surface area contributed by atoms with E-state index < -0.39 is 0 Å². The normalized spacial score (nSPS) is 18.3. The summed E-state index contributed by atoms with van der Waals surface area (Å²) in [6.45, 7) is 3.39. The summed E-state index contributed by atoms with van der Waals surface area (Å²) in [6.07, 6.45) is 4.12. The summed E-state index contributed by atoms with van der Waals surface area (Å²) >= 11 is 1.66. The van der Waals surface area contributed by atoms with Crippen molar-refractivity contribution in [2.75, 3.05) is 19.3 Å². The quantitative estimate of drug-likeness (QED) is 0.873. The van der Waals surface area contributed by atoms with Gasteiger partial charge in [0, 0.05) is 29.6 Å². The van der Waals surface area contributed by atoms with Gasteiger partial charge in [0.15, 0.2) is 0 Å². The van der Waals surface area contributed by atoms with Crippen LogP contribution < -0.4 is 5.73 Å². The number of nitrogens with zero attached hydrogens (tertiary/aromatic N) is 1. The smallest absolute Gasteiger partial charge is 0.254 e. The largest absolute Gasteiger partial charge is 0.334 e. The van der Waals surface area contributed by atoms with Crippen LogP contribution in [0.3, 0.4) is 0 Å². The lowest BCUT2D eigenvalue weighted by atomic mass is 10.1. The second kappa shape index (κ2) is 7.17. The third-order valence-electron chi connectivity index (χ3n) is 3.59. The van der Waals surface area contributed by atoms with Crippen molar-refractivity contribution in [3.8, 4) is 0 Å². The Kier molecular flexibility index (Phi) is 6.17. The molecule has 19 heavy (non-hydrogen) atoms. The molecule has 1 amide bonds. The summed E-state index contributed by atoms with van der Waals surface area (Å²) < 4.78 is 0. The average Bonchev–Trinajstić information content (AvgIpc) is 2.86. The lowest BCUT2D eigenvalue weighted by Crippen LogP contribution is -2.40. The zero-order valence-electron chi connectivity index (χ0n) is 11.4. The molecule has 3 nitrogen and oxygen atoms in total. The molecule has 1 aliphatic heterocycles. The first-order valence-corrected chi connectivity index (χ1v) is 7.55. The van der Waals surface area contributed by atoms with Crippen LogP contribution in [0.4, 0.5) is 0 Å². The molecule has 5 heteroatoms. The van der Waals surface area contributed by atoms with Gasteiger partial charge in [0.25, 0.3) is 5.91 Å². The first-order valence-electron chi connectivity index (χ1n) is 6.33. The van der Waals surface area contributed by atoms with Gasteiger partial charge in [-0.3, -0.25) is 4.79 Å². The van der Waals surface area contributed by atoms with E-state index in [4.69, 9.17) is 5.73 Å². The van der Waals surface area contributed by atoms with Gasteiger partial charge in [0.2, 0.25) is 0 Å². The maximum absolute atomic E-state index is 12.6. The van der Waals surface area contributed by atoms with Crippen LogP contribution in [0, 0.1) is 6.92 Å². The molecule has 1 atom stereocenters. The van der Waals surface area contributed by atoms with Crippen molar-refractivity contribution in [3.05, 3.63) is 29.3 Å². The van der Waals surface area contributed by atoms with E-state index in [2.05, 4.69) is 6.07 Å². The average molecular weight is 301 g/mol. The molecule has 2 N–H and O–H groups in total. The molecule has 1 fully saturated rings. The van der Waals surface area contributed by atoms with Gasteiger partial charge in [-0.2, -0.15) is 0 Å². The molecule has 1 aromatic rings. The van der Waals surface area contributed by atoms with Crippen LogP contribution in [0.1, 0.15) is 28.8 Å². The predicted octanol–water partition coefficient (Wildman–Crippen LogP) is 2.70. The van der Waals surface area contributed by atoms with Crippen molar-refractivity contribution >= 4 is 30.1 Å². The molecule has 2 rings (SSSR count). The number of likely N-dealkylation sites (tertiary alicyclic amines) is 1. The minimum Gasteiger partial charge on any atom is -0.334 e. The molecule has 0 aliphatic carbocycles. The van der Waals surface area contributed by atoms with Gasteiger partial charge in [0.05, 0.1) is 0 Å². The highest BCUT2D eigenvalue weighted by atomic mass is 35.5. The molecule has 0 radical (unpaired) electrons. The Morgan fingerprint density at radius 2 is 2.26 bits per heavy atom. The Labute approximate surface area is 125 Å². The standard InChI is InChI=1S/C14H20N2OS.ClH/c1-10-5-6-12(18-2)8-13(10)14(17)16-7-3-4-11(16)9-15;/h5-6,8,11H,3-4,7,9,15H2,1-2H3;1H. The summed E-state index contributed by atoms with van der Waals surface area (Å²) in [7, 11) is 0. The van der Waals surface area contributed by atoms with Crippen molar-refractivity contribution in [2.24, 2.45) is 5.73 Å². The SMILES string of the molecule is CSc1ccc(C)c(C(=O)N2CCCC2CN)c1.Cl. The first kappa shape index (κ1) is 16.3. The summed E-state index contributed by atoms with van der Waals surface area (Å²) in [5, 5.41) is 0. The number of nitrogens with two attached hydrogens (primary N) is 1. The van der Waals surface area contributed by atoms with E-state index in [0.717, 1.165) is 35.4 Å². The van der Waals surface area contributed by atoms with Gasteiger partial charge in [-0.25, -0.2) is 0 Å². The fraction of sp³-hybridized carbons (Fsp3) is 0.500. The van der Waals surface area contributed by atoms with Crippen molar-refractivity contribution in [1.82, 2.24) is 4.90 Å². The monoisotopic (exact) mass is 300 g/mol. The molecular formula is C14H21ClN2OS. The van der Waals surface area contributed by atoms with Crippen molar-refractivity contribution in [3.63, 3.8) is 0 Å². The second-order valence-corrected chi connectivity index (χ2v) is 5.59. The van der Waals surface area contributed by atoms with Gasteiger partial charge in [-0.15, -0.1) is 24.2 Å². The maximum Gasteiger partial charge on any atom is 0.254 e. The Morgan fingerprint density at radius 3 is 2.89 bits per heavy atom. The van der Waals surface area contributed by atoms with Gasteiger partial charge < -0.3 is 10.6 Å². The fourth-order valence-electron chi connectivity index (χ4n) is 2.46. The highest BCUT2D eigenvalue weighted by Crippen LogP contribution is 2.24. The van der Waals surface area contributed by atoms with Crippen molar-refractivity contribution in [1.29, 1.82) is 0 Å². The number of halogens is 1. The number of aryl methyl sites for hydroxylation is 1. The van der Waals surface area contributed by atoms with Crippen molar-refractivity contribution < 1.29 is 4.79 Å². The zero-order valence-corrected chi connectivity index (χ0v) is 13.0. The van der Waals surface area contributed by atoms with Gasteiger partial charge >= 0.3 is 0 Å². The topological polar surface area (TPSA) is 46.3 Å². The van der Waals surface area contributed by atoms with Crippen LogP contribution in [0.5, 0.6) is 0 Å². The molecule has 0 saturated carbocycles. The molecule has 0 aromatic heterocycles. The van der Waals surface area contributed by atoms with Crippen LogP contribution in [0.2, 0.25) is 0 Å². The second-order valence-electron chi connectivity index (χ2n) is 4.71. The van der Waals surface area contributed by atoms with Crippen molar-refractivity contribution in [2.45, 2.75) is 30.7 Å². The van der Waals surface area contributed by atoms with Crippen LogP contribution in [-0.4, -0.2) is 36.2 Å². The molecule has 0 bridgehead atoms. The summed E-state index contributed by atoms with van der Waals surface area (Å²) in [5.41, 5.74) is 7.60. The Bertz CT molecular complexity index is 453. The number of thioether (sulfide) groups is 1. The highest BCUT2D eigenvalue weighted by molar-refractivity contribution is 7.98. The fourth-order valence-corrected chi connectivity index (χ4v) is 2.90. The van der Waals surface area contributed by atoms with Gasteiger partial charge in [-0.1, -0.05) is 6.07 Å². The van der Waals surface area contributed by atoms with E-state index in [1.807, 2.05) is 30.2 Å². The minimum absolute atomic E-state index is 0. The Morgan fingerprint density at radius 1 is 1.53 bits per heavy atom. The van der Waals surface area contributed by atoms with Gasteiger partial charge in [-0.05, 0) is 43.7 Å². The molecule has 1 unspecified atom stereocenters. The maximum atomic E-state index is 12.6. The number of carbonyl (C=O) groups is 1. The van der Waals surface area contributed by atoms with Gasteiger partial charge in [0.1, 0.15) is 0 Å².